The van der Waals surface area contributed by atoms with Crippen LogP contribution in [0.4, 0.5) is 10.3 Å². The molecule has 3 rings (SSSR count). The zero-order chi connectivity index (χ0) is 16.2. The van der Waals surface area contributed by atoms with Gasteiger partial charge in [0.2, 0.25) is 11.8 Å². The highest BCUT2D eigenvalue weighted by Gasteiger charge is 2.23. The Bertz CT molecular complexity index is 671. The Kier molecular flexibility index (Phi) is 4.68. The van der Waals surface area contributed by atoms with Gasteiger partial charge in [0, 0.05) is 19.2 Å². The molecule has 2 heterocycles. The molecule has 0 radical (unpaired) electrons. The molecule has 1 atom stereocenters. The minimum Gasteiger partial charge on any atom is -0.371 e. The number of aryl methyl sites for hydroxylation is 1. The first-order valence-corrected chi connectivity index (χ1v) is 7.43. The van der Waals surface area contributed by atoms with Crippen molar-refractivity contribution < 1.29 is 18.4 Å². The Morgan fingerprint density at radius 3 is 2.91 bits per heavy atom. The molecule has 1 N–H and O–H groups in total. The van der Waals surface area contributed by atoms with E-state index >= 15 is 0 Å². The van der Waals surface area contributed by atoms with Crippen molar-refractivity contribution in [2.24, 2.45) is 0 Å². The quantitative estimate of drug-likeness (QED) is 0.935. The van der Waals surface area contributed by atoms with Gasteiger partial charge in [-0.3, -0.25) is 15.0 Å². The van der Waals surface area contributed by atoms with Gasteiger partial charge in [0.1, 0.15) is 5.82 Å². The zero-order valence-electron chi connectivity index (χ0n) is 12.8. The highest BCUT2D eigenvalue weighted by molar-refractivity contribution is 5.90. The predicted octanol–water partition coefficient (Wildman–Crippen LogP) is 2.13. The second-order valence-corrected chi connectivity index (χ2v) is 5.53. The number of rotatable bonds is 4. The summed E-state index contributed by atoms with van der Waals surface area (Å²) in [5.41, 5.74) is 1.62. The minimum atomic E-state index is -0.275. The van der Waals surface area contributed by atoms with E-state index in [0.29, 0.717) is 31.3 Å². The average Bonchev–Trinajstić information content (AvgIpc) is 2.93. The van der Waals surface area contributed by atoms with Crippen LogP contribution in [0, 0.1) is 12.7 Å². The van der Waals surface area contributed by atoms with Crippen molar-refractivity contribution in [1.82, 2.24) is 10.1 Å². The molecular formula is C16H18FN3O3. The molecule has 1 aromatic carbocycles. The topological polar surface area (TPSA) is 67.6 Å². The van der Waals surface area contributed by atoms with Crippen LogP contribution in [0.1, 0.15) is 17.4 Å². The summed E-state index contributed by atoms with van der Waals surface area (Å²) in [7, 11) is 0. The molecule has 2 aromatic rings. The largest absolute Gasteiger partial charge is 0.371 e. The maximum atomic E-state index is 13.0. The number of amides is 1. The molecule has 0 saturated carbocycles. The molecule has 0 unspecified atom stereocenters. The Hall–Kier alpha value is -2.25. The van der Waals surface area contributed by atoms with Crippen molar-refractivity contribution in [2.45, 2.75) is 13.0 Å². The van der Waals surface area contributed by atoms with E-state index in [1.807, 2.05) is 4.90 Å². The number of nitrogens with zero attached hydrogens (tertiary/aromatic N) is 2. The van der Waals surface area contributed by atoms with Crippen LogP contribution in [-0.4, -0.2) is 42.2 Å². The number of carbonyl (C=O) groups is 1. The van der Waals surface area contributed by atoms with Gasteiger partial charge in [0.05, 0.1) is 24.9 Å². The van der Waals surface area contributed by atoms with Gasteiger partial charge in [0.15, 0.2) is 0 Å². The second kappa shape index (κ2) is 6.89. The highest BCUT2D eigenvalue weighted by atomic mass is 19.1. The summed E-state index contributed by atoms with van der Waals surface area (Å²) < 4.78 is 23.7. The Labute approximate surface area is 133 Å². The fraction of sp³-hybridized carbons (Fsp3) is 0.375. The van der Waals surface area contributed by atoms with Gasteiger partial charge in [-0.25, -0.2) is 4.39 Å². The molecule has 0 spiro atoms. The Morgan fingerprint density at radius 2 is 2.22 bits per heavy atom. The van der Waals surface area contributed by atoms with Gasteiger partial charge >= 0.3 is 0 Å². The third-order valence-electron chi connectivity index (χ3n) is 3.65. The number of hydrogen-bond acceptors (Lipinski definition) is 5. The van der Waals surface area contributed by atoms with E-state index < -0.39 is 0 Å². The highest BCUT2D eigenvalue weighted by Crippen LogP contribution is 2.22. The number of hydrogen-bond donors (Lipinski definition) is 1. The van der Waals surface area contributed by atoms with Gasteiger partial charge in [-0.1, -0.05) is 17.3 Å². The lowest BCUT2D eigenvalue weighted by Crippen LogP contribution is -2.42. The predicted molar refractivity (Wildman–Crippen MR) is 81.4 cm³/mol. The smallest absolute Gasteiger partial charge is 0.240 e. The number of aromatic nitrogens is 1. The Balaban J connectivity index is 1.55. The molecule has 6 nitrogen and oxygen atoms in total. The normalized spacial score (nSPS) is 18.8. The van der Waals surface area contributed by atoms with Crippen LogP contribution < -0.4 is 5.32 Å². The summed E-state index contributed by atoms with van der Waals surface area (Å²) in [4.78, 5) is 14.0. The lowest BCUT2D eigenvalue weighted by Gasteiger charge is -2.32. The maximum Gasteiger partial charge on any atom is 0.240 e. The molecule has 0 bridgehead atoms. The third kappa shape index (κ3) is 4.14. The molecule has 1 aliphatic heterocycles. The van der Waals surface area contributed by atoms with Gasteiger partial charge in [-0.15, -0.1) is 0 Å². The fourth-order valence-corrected chi connectivity index (χ4v) is 2.53. The first-order valence-electron chi connectivity index (χ1n) is 7.43. The molecule has 1 aliphatic rings. The molecule has 1 amide bonds. The van der Waals surface area contributed by atoms with Gasteiger partial charge < -0.3 is 9.26 Å². The summed E-state index contributed by atoms with van der Waals surface area (Å²) in [6.45, 7) is 3.79. The van der Waals surface area contributed by atoms with Gasteiger partial charge in [-0.05, 0) is 24.6 Å². The van der Waals surface area contributed by atoms with Crippen molar-refractivity contribution >= 4 is 11.8 Å². The van der Waals surface area contributed by atoms with Crippen molar-refractivity contribution in [1.29, 1.82) is 0 Å². The summed E-state index contributed by atoms with van der Waals surface area (Å²) in [6.07, 6.45) is -0.162. The second-order valence-electron chi connectivity index (χ2n) is 5.53. The zero-order valence-corrected chi connectivity index (χ0v) is 12.8. The summed E-state index contributed by atoms with van der Waals surface area (Å²) in [5, 5.41) is 6.39. The number of benzene rings is 1. The van der Waals surface area contributed by atoms with Crippen molar-refractivity contribution in [2.75, 3.05) is 31.6 Å². The summed E-state index contributed by atoms with van der Waals surface area (Å²) in [6, 6.07) is 7.91. The van der Waals surface area contributed by atoms with E-state index in [9.17, 15) is 9.18 Å². The molecular weight excluding hydrogens is 301 g/mol. The van der Waals surface area contributed by atoms with Crippen LogP contribution in [0.3, 0.4) is 0 Å². The summed E-state index contributed by atoms with van der Waals surface area (Å²) >= 11 is 0. The maximum absolute atomic E-state index is 13.0. The monoisotopic (exact) mass is 319 g/mol. The first-order chi connectivity index (χ1) is 11.1. The average molecular weight is 319 g/mol. The van der Waals surface area contributed by atoms with Crippen molar-refractivity contribution in [3.05, 3.63) is 47.4 Å². The van der Waals surface area contributed by atoms with Gasteiger partial charge in [0.25, 0.3) is 0 Å². The third-order valence-corrected chi connectivity index (χ3v) is 3.65. The number of morpholine rings is 1. The number of halogens is 1. The SMILES string of the molecule is Cc1cc(NC(=O)CN2CCO[C@@H](c3ccc(F)cc3)C2)on1. The van der Waals surface area contributed by atoms with Crippen LogP contribution in [-0.2, 0) is 9.53 Å². The summed E-state index contributed by atoms with van der Waals surface area (Å²) in [5.74, 6) is -0.0973. The van der Waals surface area contributed by atoms with Crippen molar-refractivity contribution in [3.8, 4) is 0 Å². The fourth-order valence-electron chi connectivity index (χ4n) is 2.53. The van der Waals surface area contributed by atoms with E-state index in [-0.39, 0.29) is 24.4 Å². The van der Waals surface area contributed by atoms with E-state index in [1.54, 1.807) is 25.1 Å². The van der Waals surface area contributed by atoms with E-state index in [4.69, 9.17) is 9.26 Å². The molecule has 7 heteroatoms. The lowest BCUT2D eigenvalue weighted by atomic mass is 10.1. The van der Waals surface area contributed by atoms with Crippen LogP contribution in [0.2, 0.25) is 0 Å². The number of anilines is 1. The molecule has 1 saturated heterocycles. The van der Waals surface area contributed by atoms with Crippen LogP contribution in [0.5, 0.6) is 0 Å². The molecule has 122 valence electrons. The minimum absolute atomic E-state index is 0.162. The molecule has 1 fully saturated rings. The first kappa shape index (κ1) is 15.6. The molecule has 0 aliphatic carbocycles. The van der Waals surface area contributed by atoms with Crippen molar-refractivity contribution in [3.63, 3.8) is 0 Å². The molecule has 1 aromatic heterocycles. The Morgan fingerprint density at radius 1 is 1.43 bits per heavy atom. The van der Waals surface area contributed by atoms with Crippen LogP contribution in [0.25, 0.3) is 0 Å². The number of nitrogens with one attached hydrogen (secondary N) is 1. The van der Waals surface area contributed by atoms with Gasteiger partial charge in [-0.2, -0.15) is 0 Å². The van der Waals surface area contributed by atoms with E-state index in [1.165, 1.54) is 12.1 Å². The standard InChI is InChI=1S/C16H18FN3O3/c1-11-8-16(23-19-11)18-15(21)10-20-6-7-22-14(9-20)12-2-4-13(17)5-3-12/h2-5,8,14H,6-7,9-10H2,1H3,(H,18,21)/t14-/m1/s1. The lowest BCUT2D eigenvalue weighted by molar-refractivity contribution is -0.119. The van der Waals surface area contributed by atoms with Crippen LogP contribution in [0.15, 0.2) is 34.9 Å². The molecule has 23 heavy (non-hydrogen) atoms. The van der Waals surface area contributed by atoms with E-state index in [0.717, 1.165) is 5.56 Å². The number of carbonyl (C=O) groups excluding carboxylic acids is 1. The van der Waals surface area contributed by atoms with E-state index in [2.05, 4.69) is 10.5 Å². The van der Waals surface area contributed by atoms with Crippen LogP contribution >= 0.6 is 0 Å². The number of ether oxygens (including phenoxy) is 1.